The van der Waals surface area contributed by atoms with Gasteiger partial charge < -0.3 is 4.74 Å². The van der Waals surface area contributed by atoms with Gasteiger partial charge in [-0.25, -0.2) is 0 Å². The zero-order valence-corrected chi connectivity index (χ0v) is 12.4. The Morgan fingerprint density at radius 1 is 1.47 bits per heavy atom. The molecule has 0 radical (unpaired) electrons. The minimum Gasteiger partial charge on any atom is -0.371 e. The SMILES string of the molecule is CCSc1ccccc1C1CN(CC(C)=O)CCO1. The molecule has 0 aromatic heterocycles. The number of hydrogen-bond acceptors (Lipinski definition) is 4. The third-order valence-electron chi connectivity index (χ3n) is 3.16. The molecule has 1 aromatic carbocycles. The number of rotatable bonds is 5. The molecule has 4 heteroatoms. The lowest BCUT2D eigenvalue weighted by Gasteiger charge is -2.33. The highest BCUT2D eigenvalue weighted by Gasteiger charge is 2.24. The number of benzene rings is 1. The Hall–Kier alpha value is -0.840. The van der Waals surface area contributed by atoms with Crippen LogP contribution in [0, 0.1) is 0 Å². The first-order valence-electron chi connectivity index (χ1n) is 6.75. The predicted octanol–water partition coefficient (Wildman–Crippen LogP) is 2.76. The number of ether oxygens (including phenoxy) is 1. The second-order valence-electron chi connectivity index (χ2n) is 4.77. The second kappa shape index (κ2) is 7.08. The molecule has 1 unspecified atom stereocenters. The minimum atomic E-state index is 0.0864. The van der Waals surface area contributed by atoms with Crippen LogP contribution in [0.1, 0.15) is 25.5 Å². The molecule has 104 valence electrons. The van der Waals surface area contributed by atoms with Crippen molar-refractivity contribution in [1.29, 1.82) is 0 Å². The lowest BCUT2D eigenvalue weighted by atomic mass is 10.1. The van der Waals surface area contributed by atoms with Gasteiger partial charge in [-0.15, -0.1) is 11.8 Å². The van der Waals surface area contributed by atoms with Crippen molar-refractivity contribution in [2.45, 2.75) is 24.8 Å². The van der Waals surface area contributed by atoms with Crippen LogP contribution in [0.25, 0.3) is 0 Å². The van der Waals surface area contributed by atoms with Crippen LogP contribution in [-0.2, 0) is 9.53 Å². The van der Waals surface area contributed by atoms with Crippen LogP contribution in [0.5, 0.6) is 0 Å². The van der Waals surface area contributed by atoms with E-state index in [1.807, 2.05) is 11.8 Å². The van der Waals surface area contributed by atoms with Gasteiger partial charge in [0.2, 0.25) is 0 Å². The third kappa shape index (κ3) is 4.06. The molecule has 3 nitrogen and oxygen atoms in total. The fourth-order valence-corrected chi connectivity index (χ4v) is 3.23. The Labute approximate surface area is 119 Å². The van der Waals surface area contributed by atoms with E-state index in [-0.39, 0.29) is 11.9 Å². The van der Waals surface area contributed by atoms with Crippen molar-refractivity contribution >= 4 is 17.5 Å². The molecule has 1 aliphatic rings. The largest absolute Gasteiger partial charge is 0.371 e. The molecule has 0 bridgehead atoms. The zero-order valence-electron chi connectivity index (χ0n) is 11.6. The van der Waals surface area contributed by atoms with Crippen LogP contribution < -0.4 is 0 Å². The first-order chi connectivity index (χ1) is 9.20. The molecule has 0 N–H and O–H groups in total. The lowest BCUT2D eigenvalue weighted by molar-refractivity contribution is -0.120. The summed E-state index contributed by atoms with van der Waals surface area (Å²) in [5, 5.41) is 0. The van der Waals surface area contributed by atoms with Gasteiger partial charge in [-0.05, 0) is 24.3 Å². The molecule has 1 atom stereocenters. The molecular formula is C15H21NO2S. The molecule has 0 aliphatic carbocycles. The smallest absolute Gasteiger partial charge is 0.143 e. The molecule has 0 spiro atoms. The summed E-state index contributed by atoms with van der Waals surface area (Å²) in [6, 6.07) is 8.41. The van der Waals surface area contributed by atoms with E-state index in [1.54, 1.807) is 6.92 Å². The first-order valence-corrected chi connectivity index (χ1v) is 7.74. The van der Waals surface area contributed by atoms with Crippen molar-refractivity contribution in [2.75, 3.05) is 32.0 Å². The molecule has 1 saturated heterocycles. The van der Waals surface area contributed by atoms with Crippen molar-refractivity contribution < 1.29 is 9.53 Å². The van der Waals surface area contributed by atoms with Crippen molar-refractivity contribution in [3.8, 4) is 0 Å². The maximum Gasteiger partial charge on any atom is 0.143 e. The quantitative estimate of drug-likeness (QED) is 0.775. The maximum absolute atomic E-state index is 11.2. The maximum atomic E-state index is 11.2. The van der Waals surface area contributed by atoms with E-state index in [0.717, 1.165) is 18.8 Å². The van der Waals surface area contributed by atoms with E-state index < -0.39 is 0 Å². The van der Waals surface area contributed by atoms with Crippen LogP contribution in [0.3, 0.4) is 0 Å². The number of nitrogens with zero attached hydrogens (tertiary/aromatic N) is 1. The average Bonchev–Trinajstić information content (AvgIpc) is 2.39. The minimum absolute atomic E-state index is 0.0864. The summed E-state index contributed by atoms with van der Waals surface area (Å²) < 4.78 is 5.90. The molecule has 2 rings (SSSR count). The molecule has 0 saturated carbocycles. The summed E-state index contributed by atoms with van der Waals surface area (Å²) in [5.41, 5.74) is 1.25. The summed E-state index contributed by atoms with van der Waals surface area (Å²) in [5.74, 6) is 1.28. The van der Waals surface area contributed by atoms with Gasteiger partial charge in [0.25, 0.3) is 0 Å². The van der Waals surface area contributed by atoms with Gasteiger partial charge in [0, 0.05) is 18.0 Å². The predicted molar refractivity (Wildman–Crippen MR) is 78.7 cm³/mol. The van der Waals surface area contributed by atoms with E-state index in [2.05, 4.69) is 36.1 Å². The van der Waals surface area contributed by atoms with E-state index in [9.17, 15) is 4.79 Å². The number of thioether (sulfide) groups is 1. The number of Topliss-reactive ketones (excluding diaryl/α,β-unsaturated/α-hetero) is 1. The van der Waals surface area contributed by atoms with Crippen LogP contribution in [0.4, 0.5) is 0 Å². The molecular weight excluding hydrogens is 258 g/mol. The standard InChI is InChI=1S/C15H21NO2S/c1-3-19-15-7-5-4-6-13(15)14-11-16(8-9-18-14)10-12(2)17/h4-7,14H,3,8-11H2,1-2H3. The van der Waals surface area contributed by atoms with E-state index >= 15 is 0 Å². The van der Waals surface area contributed by atoms with Crippen molar-refractivity contribution in [1.82, 2.24) is 4.90 Å². The van der Waals surface area contributed by atoms with Gasteiger partial charge in [-0.3, -0.25) is 9.69 Å². The van der Waals surface area contributed by atoms with Gasteiger partial charge in [0.05, 0.1) is 19.3 Å². The Balaban J connectivity index is 2.10. The summed E-state index contributed by atoms with van der Waals surface area (Å²) >= 11 is 1.85. The first kappa shape index (κ1) is 14.6. The normalized spacial score (nSPS) is 20.4. The number of carbonyl (C=O) groups excluding carboxylic acids is 1. The van der Waals surface area contributed by atoms with Crippen LogP contribution in [0.15, 0.2) is 29.2 Å². The van der Waals surface area contributed by atoms with Crippen LogP contribution >= 0.6 is 11.8 Å². The Bertz CT molecular complexity index is 436. The second-order valence-corrected chi connectivity index (χ2v) is 6.07. The summed E-state index contributed by atoms with van der Waals surface area (Å²) in [6.45, 7) is 6.68. The molecule has 19 heavy (non-hydrogen) atoms. The Morgan fingerprint density at radius 3 is 3.00 bits per heavy atom. The van der Waals surface area contributed by atoms with Crippen LogP contribution in [-0.4, -0.2) is 42.7 Å². The van der Waals surface area contributed by atoms with E-state index in [1.165, 1.54) is 10.5 Å². The molecule has 1 aromatic rings. The lowest BCUT2D eigenvalue weighted by Crippen LogP contribution is -2.40. The van der Waals surface area contributed by atoms with Crippen molar-refractivity contribution in [3.05, 3.63) is 29.8 Å². The third-order valence-corrected chi connectivity index (χ3v) is 4.13. The van der Waals surface area contributed by atoms with Gasteiger partial charge in [0.15, 0.2) is 0 Å². The van der Waals surface area contributed by atoms with Crippen molar-refractivity contribution in [3.63, 3.8) is 0 Å². The summed E-state index contributed by atoms with van der Waals surface area (Å²) in [6.07, 6.45) is 0.0864. The van der Waals surface area contributed by atoms with Crippen LogP contribution in [0.2, 0.25) is 0 Å². The molecule has 1 aliphatic heterocycles. The van der Waals surface area contributed by atoms with Gasteiger partial charge in [-0.1, -0.05) is 25.1 Å². The topological polar surface area (TPSA) is 29.5 Å². The highest BCUT2D eigenvalue weighted by Crippen LogP contribution is 2.31. The van der Waals surface area contributed by atoms with Crippen molar-refractivity contribution in [2.24, 2.45) is 0 Å². The number of ketones is 1. The zero-order chi connectivity index (χ0) is 13.7. The molecule has 0 amide bonds. The summed E-state index contributed by atoms with van der Waals surface area (Å²) in [7, 11) is 0. The summed E-state index contributed by atoms with van der Waals surface area (Å²) in [4.78, 5) is 14.7. The van der Waals surface area contributed by atoms with Gasteiger partial charge in [-0.2, -0.15) is 0 Å². The van der Waals surface area contributed by atoms with Gasteiger partial charge >= 0.3 is 0 Å². The van der Waals surface area contributed by atoms with E-state index in [0.29, 0.717) is 13.2 Å². The fraction of sp³-hybridized carbons (Fsp3) is 0.533. The Morgan fingerprint density at radius 2 is 2.26 bits per heavy atom. The highest BCUT2D eigenvalue weighted by molar-refractivity contribution is 7.99. The number of morpholine rings is 1. The van der Waals surface area contributed by atoms with Gasteiger partial charge in [0.1, 0.15) is 5.78 Å². The molecule has 1 heterocycles. The van der Waals surface area contributed by atoms with E-state index in [4.69, 9.17) is 4.74 Å². The monoisotopic (exact) mass is 279 g/mol. The molecule has 1 fully saturated rings. The highest BCUT2D eigenvalue weighted by atomic mass is 32.2. The Kier molecular flexibility index (Phi) is 5.43. The number of carbonyl (C=O) groups is 1. The number of hydrogen-bond donors (Lipinski definition) is 0. The average molecular weight is 279 g/mol. The fourth-order valence-electron chi connectivity index (χ4n) is 2.38.